The van der Waals surface area contributed by atoms with Gasteiger partial charge in [-0.2, -0.15) is 5.26 Å². The monoisotopic (exact) mass is 125 g/mol. The van der Waals surface area contributed by atoms with Crippen molar-refractivity contribution in [3.05, 3.63) is 0 Å². The van der Waals surface area contributed by atoms with Crippen molar-refractivity contribution in [2.75, 3.05) is 0 Å². The van der Waals surface area contributed by atoms with Gasteiger partial charge in [-0.05, 0) is 25.7 Å². The Hall–Kier alpha value is -0.710. The standard InChI is InChI=1S/C7H11NO/c8-6-9-7-4-2-1-3-5-7/h7H,1-5H2. The fourth-order valence-corrected chi connectivity index (χ4v) is 1.26. The van der Waals surface area contributed by atoms with E-state index < -0.39 is 0 Å². The van der Waals surface area contributed by atoms with Gasteiger partial charge in [0.05, 0.1) is 0 Å². The average Bonchev–Trinajstić information content (AvgIpc) is 1.91. The summed E-state index contributed by atoms with van der Waals surface area (Å²) in [4.78, 5) is 0. The molecule has 0 aromatic heterocycles. The molecule has 9 heavy (non-hydrogen) atoms. The van der Waals surface area contributed by atoms with E-state index in [0.29, 0.717) is 0 Å². The van der Waals surface area contributed by atoms with E-state index >= 15 is 0 Å². The molecule has 0 amide bonds. The Balaban J connectivity index is 2.17. The molecule has 2 nitrogen and oxygen atoms in total. The first-order valence-corrected chi connectivity index (χ1v) is 3.48. The van der Waals surface area contributed by atoms with Crippen LogP contribution in [0.1, 0.15) is 32.1 Å². The normalized spacial score (nSPS) is 20.8. The Morgan fingerprint density at radius 3 is 2.44 bits per heavy atom. The summed E-state index contributed by atoms with van der Waals surface area (Å²) in [5.41, 5.74) is 0. The smallest absolute Gasteiger partial charge is 0.286 e. The fourth-order valence-electron chi connectivity index (χ4n) is 1.26. The van der Waals surface area contributed by atoms with Crippen molar-refractivity contribution in [2.24, 2.45) is 0 Å². The highest BCUT2D eigenvalue weighted by Crippen LogP contribution is 2.19. The number of hydrogen-bond acceptors (Lipinski definition) is 2. The third kappa shape index (κ3) is 1.93. The van der Waals surface area contributed by atoms with Gasteiger partial charge in [0, 0.05) is 0 Å². The van der Waals surface area contributed by atoms with Gasteiger partial charge in [-0.15, -0.1) is 0 Å². The number of hydrogen-bond donors (Lipinski definition) is 0. The zero-order valence-corrected chi connectivity index (χ0v) is 5.47. The van der Waals surface area contributed by atoms with Gasteiger partial charge in [0.25, 0.3) is 6.26 Å². The molecule has 1 saturated carbocycles. The van der Waals surface area contributed by atoms with E-state index in [2.05, 4.69) is 0 Å². The molecule has 0 radical (unpaired) electrons. The van der Waals surface area contributed by atoms with E-state index in [1.807, 2.05) is 0 Å². The van der Waals surface area contributed by atoms with Crippen molar-refractivity contribution >= 4 is 0 Å². The van der Waals surface area contributed by atoms with E-state index in [-0.39, 0.29) is 6.10 Å². The summed E-state index contributed by atoms with van der Waals surface area (Å²) >= 11 is 0. The molecule has 0 aromatic rings. The van der Waals surface area contributed by atoms with E-state index in [9.17, 15) is 0 Å². The summed E-state index contributed by atoms with van der Waals surface area (Å²) in [6, 6.07) is 0. The van der Waals surface area contributed by atoms with Crippen LogP contribution in [0.2, 0.25) is 0 Å². The molecule has 50 valence electrons. The van der Waals surface area contributed by atoms with Crippen LogP contribution in [0.4, 0.5) is 0 Å². The largest absolute Gasteiger partial charge is 0.424 e. The average molecular weight is 125 g/mol. The molecule has 2 heteroatoms. The van der Waals surface area contributed by atoms with Crippen molar-refractivity contribution in [1.29, 1.82) is 5.26 Å². The Kier molecular flexibility index (Phi) is 2.38. The van der Waals surface area contributed by atoms with Crippen molar-refractivity contribution in [2.45, 2.75) is 38.2 Å². The Morgan fingerprint density at radius 1 is 1.22 bits per heavy atom. The molecule has 0 N–H and O–H groups in total. The number of nitrogens with zero attached hydrogens (tertiary/aromatic N) is 1. The summed E-state index contributed by atoms with van der Waals surface area (Å²) in [5, 5.41) is 8.15. The second kappa shape index (κ2) is 3.34. The van der Waals surface area contributed by atoms with Crippen LogP contribution in [0.25, 0.3) is 0 Å². The molecule has 0 atom stereocenters. The molecule has 0 aromatic carbocycles. The minimum Gasteiger partial charge on any atom is -0.424 e. The molecule has 0 bridgehead atoms. The molecular formula is C7H11NO. The van der Waals surface area contributed by atoms with Crippen molar-refractivity contribution < 1.29 is 4.74 Å². The van der Waals surface area contributed by atoms with Crippen LogP contribution in [-0.2, 0) is 4.74 Å². The number of nitriles is 1. The molecule has 0 aliphatic heterocycles. The molecule has 1 fully saturated rings. The highest BCUT2D eigenvalue weighted by atomic mass is 16.5. The highest BCUT2D eigenvalue weighted by Gasteiger charge is 2.13. The van der Waals surface area contributed by atoms with Gasteiger partial charge in [0.1, 0.15) is 6.10 Å². The quantitative estimate of drug-likeness (QED) is 0.501. The van der Waals surface area contributed by atoms with Gasteiger partial charge in [-0.3, -0.25) is 0 Å². The number of rotatable bonds is 1. The molecule has 0 spiro atoms. The van der Waals surface area contributed by atoms with Crippen molar-refractivity contribution in [3.63, 3.8) is 0 Å². The van der Waals surface area contributed by atoms with Crippen LogP contribution < -0.4 is 0 Å². The lowest BCUT2D eigenvalue weighted by Gasteiger charge is -2.17. The first kappa shape index (κ1) is 6.41. The van der Waals surface area contributed by atoms with Gasteiger partial charge in [0.15, 0.2) is 0 Å². The fraction of sp³-hybridized carbons (Fsp3) is 0.857. The molecule has 1 rings (SSSR count). The van der Waals surface area contributed by atoms with Gasteiger partial charge in [-0.25, -0.2) is 0 Å². The molecular weight excluding hydrogens is 114 g/mol. The molecule has 0 unspecified atom stereocenters. The maximum atomic E-state index is 8.15. The zero-order valence-electron chi connectivity index (χ0n) is 5.47. The van der Waals surface area contributed by atoms with Gasteiger partial charge in [-0.1, -0.05) is 6.42 Å². The minimum atomic E-state index is 0.240. The first-order chi connectivity index (χ1) is 4.43. The third-order valence-corrected chi connectivity index (χ3v) is 1.77. The van der Waals surface area contributed by atoms with Crippen LogP contribution in [0.5, 0.6) is 0 Å². The second-order valence-corrected chi connectivity index (χ2v) is 2.47. The van der Waals surface area contributed by atoms with Gasteiger partial charge >= 0.3 is 0 Å². The van der Waals surface area contributed by atoms with Crippen LogP contribution in [-0.4, -0.2) is 6.10 Å². The van der Waals surface area contributed by atoms with Crippen LogP contribution in [0, 0.1) is 11.5 Å². The lowest BCUT2D eigenvalue weighted by Crippen LogP contribution is -2.13. The maximum Gasteiger partial charge on any atom is 0.286 e. The Bertz CT molecular complexity index is 111. The lowest BCUT2D eigenvalue weighted by atomic mass is 9.98. The van der Waals surface area contributed by atoms with Crippen LogP contribution in [0.3, 0.4) is 0 Å². The maximum absolute atomic E-state index is 8.15. The molecule has 1 aliphatic rings. The highest BCUT2D eigenvalue weighted by molar-refractivity contribution is 4.68. The summed E-state index contributed by atoms with van der Waals surface area (Å²) < 4.78 is 4.79. The number of ether oxygens (including phenoxy) is 1. The summed E-state index contributed by atoms with van der Waals surface area (Å²) in [6.45, 7) is 0. The minimum absolute atomic E-state index is 0.240. The predicted octanol–water partition coefficient (Wildman–Crippen LogP) is 1.82. The summed E-state index contributed by atoms with van der Waals surface area (Å²) in [7, 11) is 0. The second-order valence-electron chi connectivity index (χ2n) is 2.47. The van der Waals surface area contributed by atoms with Crippen molar-refractivity contribution in [3.8, 4) is 6.26 Å². The van der Waals surface area contributed by atoms with Gasteiger partial charge in [0.2, 0.25) is 0 Å². The van der Waals surface area contributed by atoms with E-state index in [4.69, 9.17) is 10.00 Å². The van der Waals surface area contributed by atoms with E-state index in [1.54, 1.807) is 6.26 Å². The first-order valence-electron chi connectivity index (χ1n) is 3.48. The SMILES string of the molecule is N#COC1CCCCC1. The van der Waals surface area contributed by atoms with Crippen LogP contribution in [0.15, 0.2) is 0 Å². The van der Waals surface area contributed by atoms with Crippen LogP contribution >= 0.6 is 0 Å². The predicted molar refractivity (Wildman–Crippen MR) is 33.6 cm³/mol. The lowest BCUT2D eigenvalue weighted by molar-refractivity contribution is 0.120. The Morgan fingerprint density at radius 2 is 1.89 bits per heavy atom. The molecule has 0 saturated heterocycles. The van der Waals surface area contributed by atoms with Crippen molar-refractivity contribution in [1.82, 2.24) is 0 Å². The van der Waals surface area contributed by atoms with Gasteiger partial charge < -0.3 is 4.74 Å². The summed E-state index contributed by atoms with van der Waals surface area (Å²) in [6.07, 6.45) is 7.90. The zero-order chi connectivity index (χ0) is 6.53. The third-order valence-electron chi connectivity index (χ3n) is 1.77. The molecule has 0 heterocycles. The van der Waals surface area contributed by atoms with E-state index in [1.165, 1.54) is 19.3 Å². The topological polar surface area (TPSA) is 33.0 Å². The van der Waals surface area contributed by atoms with E-state index in [0.717, 1.165) is 12.8 Å². The molecule has 1 aliphatic carbocycles. The Labute approximate surface area is 55.4 Å². The summed E-state index contributed by atoms with van der Waals surface area (Å²) in [5.74, 6) is 0.